The molecule has 3 aliphatic rings. The Morgan fingerprint density at radius 1 is 1.29 bits per heavy atom. The van der Waals surface area contributed by atoms with Crippen molar-refractivity contribution in [1.82, 2.24) is 9.80 Å². The van der Waals surface area contributed by atoms with Crippen LogP contribution in [0, 0.1) is 5.92 Å². The van der Waals surface area contributed by atoms with Crippen LogP contribution >= 0.6 is 13.5 Å². The summed E-state index contributed by atoms with van der Waals surface area (Å²) in [5, 5.41) is 0. The number of piperidine rings is 1. The van der Waals surface area contributed by atoms with Crippen molar-refractivity contribution in [1.29, 1.82) is 0 Å². The summed E-state index contributed by atoms with van der Waals surface area (Å²) in [4.78, 5) is 16.6. The number of carbonyl (C=O) groups is 1. The largest absolute Gasteiger partial charge is 0.360 e. The Balaban J connectivity index is 0.00000161. The number of morpholine rings is 1. The van der Waals surface area contributed by atoms with Crippen molar-refractivity contribution in [2.75, 3.05) is 32.7 Å². The second-order valence-corrected chi connectivity index (χ2v) is 6.87. The van der Waals surface area contributed by atoms with Crippen LogP contribution in [-0.2, 0) is 9.53 Å². The van der Waals surface area contributed by atoms with Crippen LogP contribution in [0.4, 0.5) is 0 Å². The number of amides is 1. The summed E-state index contributed by atoms with van der Waals surface area (Å²) in [5.41, 5.74) is -0.0700. The molecule has 0 N–H and O–H groups in total. The van der Waals surface area contributed by atoms with E-state index < -0.39 is 0 Å². The molecule has 3 rings (SSSR count). The molecule has 1 saturated carbocycles. The van der Waals surface area contributed by atoms with E-state index in [-0.39, 0.29) is 31.1 Å². The van der Waals surface area contributed by atoms with Crippen molar-refractivity contribution >= 4 is 19.4 Å². The molecular formula is C16H30N2O2S. The zero-order valence-corrected chi connectivity index (χ0v) is 14.4. The van der Waals surface area contributed by atoms with Gasteiger partial charge in [-0.1, -0.05) is 12.8 Å². The highest BCUT2D eigenvalue weighted by Crippen LogP contribution is 2.35. The minimum atomic E-state index is -0.262. The minimum Gasteiger partial charge on any atom is -0.360 e. The smallest absolute Gasteiger partial charge is 0.251 e. The number of hydrogen-bond donors (Lipinski definition) is 0. The summed E-state index contributed by atoms with van der Waals surface area (Å²) in [6.45, 7) is 9.09. The lowest BCUT2D eigenvalue weighted by molar-refractivity contribution is -0.189. The molecule has 2 heterocycles. The van der Waals surface area contributed by atoms with E-state index in [1.807, 2.05) is 11.8 Å². The predicted molar refractivity (Wildman–Crippen MR) is 88.9 cm³/mol. The second-order valence-electron chi connectivity index (χ2n) is 6.87. The molecule has 0 aromatic rings. The molecule has 0 unspecified atom stereocenters. The summed E-state index contributed by atoms with van der Waals surface area (Å²) in [7, 11) is 0. The molecule has 1 atom stereocenters. The van der Waals surface area contributed by atoms with Crippen molar-refractivity contribution in [2.24, 2.45) is 5.92 Å². The Kier molecular flexibility index (Phi) is 5.60. The fourth-order valence-corrected chi connectivity index (χ4v) is 3.64. The van der Waals surface area contributed by atoms with Crippen LogP contribution in [0.1, 0.15) is 46.0 Å². The van der Waals surface area contributed by atoms with Crippen LogP contribution < -0.4 is 0 Å². The molecule has 1 amide bonds. The third kappa shape index (κ3) is 3.93. The fourth-order valence-electron chi connectivity index (χ4n) is 3.64. The lowest BCUT2D eigenvalue weighted by atomic mass is 9.88. The molecule has 0 radical (unpaired) electrons. The molecule has 0 aromatic heterocycles. The van der Waals surface area contributed by atoms with Crippen molar-refractivity contribution in [2.45, 2.75) is 57.7 Å². The Hall–Kier alpha value is -0.260. The molecule has 1 spiro atoms. The lowest BCUT2D eigenvalue weighted by Crippen LogP contribution is -2.61. The van der Waals surface area contributed by atoms with Gasteiger partial charge in [-0.3, -0.25) is 4.79 Å². The van der Waals surface area contributed by atoms with E-state index in [2.05, 4.69) is 11.8 Å². The van der Waals surface area contributed by atoms with Gasteiger partial charge in [0.05, 0.1) is 5.60 Å². The fraction of sp³-hybridized carbons (Fsp3) is 0.938. The standard InChI is InChI=1S/C16H28N2O2.H2S/c1-3-18-12-16(20-13(2)15(18)19)7-10-17(11-8-16)9-6-14-4-5-14;/h13-14H,3-12H2,1-2H3;1H2/t13-;/m0./s1. The van der Waals surface area contributed by atoms with Crippen LogP contribution in [0.15, 0.2) is 0 Å². The van der Waals surface area contributed by atoms with Gasteiger partial charge in [-0.05, 0) is 45.6 Å². The predicted octanol–water partition coefficient (Wildman–Crippen LogP) is 2.00. The number of rotatable bonds is 4. The monoisotopic (exact) mass is 314 g/mol. The van der Waals surface area contributed by atoms with Gasteiger partial charge in [-0.25, -0.2) is 0 Å². The zero-order chi connectivity index (χ0) is 14.2. The first-order chi connectivity index (χ1) is 9.62. The van der Waals surface area contributed by atoms with E-state index >= 15 is 0 Å². The normalized spacial score (nSPS) is 29.5. The van der Waals surface area contributed by atoms with Gasteiger partial charge in [0.25, 0.3) is 5.91 Å². The van der Waals surface area contributed by atoms with E-state index in [0.29, 0.717) is 0 Å². The van der Waals surface area contributed by atoms with Crippen molar-refractivity contribution in [3.63, 3.8) is 0 Å². The van der Waals surface area contributed by atoms with E-state index in [1.165, 1.54) is 25.8 Å². The Bertz CT molecular complexity index is 365. The highest BCUT2D eigenvalue weighted by Gasteiger charge is 2.44. The van der Waals surface area contributed by atoms with Crippen LogP contribution in [0.2, 0.25) is 0 Å². The molecule has 5 heteroatoms. The van der Waals surface area contributed by atoms with E-state index in [4.69, 9.17) is 4.74 Å². The highest BCUT2D eigenvalue weighted by atomic mass is 32.1. The number of hydrogen-bond acceptors (Lipinski definition) is 3. The third-order valence-corrected chi connectivity index (χ3v) is 5.26. The van der Waals surface area contributed by atoms with Crippen molar-refractivity contribution in [3.05, 3.63) is 0 Å². The van der Waals surface area contributed by atoms with Gasteiger partial charge in [-0.15, -0.1) is 0 Å². The molecule has 4 nitrogen and oxygen atoms in total. The van der Waals surface area contributed by atoms with E-state index in [1.54, 1.807) is 0 Å². The van der Waals surface area contributed by atoms with Gasteiger partial charge >= 0.3 is 0 Å². The van der Waals surface area contributed by atoms with Gasteiger partial charge in [0.2, 0.25) is 0 Å². The number of likely N-dealkylation sites (N-methyl/N-ethyl adjacent to an activating group) is 1. The average molecular weight is 314 g/mol. The molecule has 21 heavy (non-hydrogen) atoms. The maximum Gasteiger partial charge on any atom is 0.251 e. The first-order valence-corrected chi connectivity index (χ1v) is 8.31. The Morgan fingerprint density at radius 3 is 2.52 bits per heavy atom. The average Bonchev–Trinajstić information content (AvgIpc) is 3.27. The Morgan fingerprint density at radius 2 is 1.95 bits per heavy atom. The molecule has 1 aliphatic carbocycles. The molecule has 2 aliphatic heterocycles. The van der Waals surface area contributed by atoms with Crippen molar-refractivity contribution in [3.8, 4) is 0 Å². The van der Waals surface area contributed by atoms with E-state index in [0.717, 1.165) is 44.9 Å². The maximum absolute atomic E-state index is 12.0. The molecule has 3 fully saturated rings. The number of carbonyl (C=O) groups excluding carboxylic acids is 1. The van der Waals surface area contributed by atoms with Crippen LogP contribution in [0.3, 0.4) is 0 Å². The third-order valence-electron chi connectivity index (χ3n) is 5.26. The lowest BCUT2D eigenvalue weighted by Gasteiger charge is -2.49. The number of ether oxygens (including phenoxy) is 1. The molecule has 0 bridgehead atoms. The SMILES string of the molecule is CCN1CC2(CCN(CCC3CC3)CC2)O[C@@H](C)C1=O.S. The van der Waals surface area contributed by atoms with Gasteiger partial charge in [0.1, 0.15) is 6.10 Å². The van der Waals surface area contributed by atoms with Crippen LogP contribution in [-0.4, -0.2) is 60.1 Å². The quantitative estimate of drug-likeness (QED) is 0.796. The zero-order valence-electron chi connectivity index (χ0n) is 13.4. The second kappa shape index (κ2) is 6.88. The number of nitrogens with zero attached hydrogens (tertiary/aromatic N) is 2. The number of likely N-dealkylation sites (tertiary alicyclic amines) is 1. The molecule has 0 aromatic carbocycles. The summed E-state index contributed by atoms with van der Waals surface area (Å²) >= 11 is 0. The molecule has 122 valence electrons. The van der Waals surface area contributed by atoms with Crippen LogP contribution in [0.5, 0.6) is 0 Å². The van der Waals surface area contributed by atoms with Gasteiger partial charge in [-0.2, -0.15) is 13.5 Å². The topological polar surface area (TPSA) is 32.8 Å². The molecule has 2 saturated heterocycles. The summed E-state index contributed by atoms with van der Waals surface area (Å²) < 4.78 is 6.13. The van der Waals surface area contributed by atoms with Gasteiger partial charge < -0.3 is 14.5 Å². The van der Waals surface area contributed by atoms with Gasteiger partial charge in [0.15, 0.2) is 0 Å². The summed E-state index contributed by atoms with van der Waals surface area (Å²) in [5.74, 6) is 1.18. The van der Waals surface area contributed by atoms with E-state index in [9.17, 15) is 4.79 Å². The van der Waals surface area contributed by atoms with Crippen molar-refractivity contribution < 1.29 is 9.53 Å². The van der Waals surface area contributed by atoms with Crippen LogP contribution in [0.25, 0.3) is 0 Å². The molecular weight excluding hydrogens is 284 g/mol. The minimum absolute atomic E-state index is 0. The van der Waals surface area contributed by atoms with Gasteiger partial charge in [0, 0.05) is 26.2 Å². The highest BCUT2D eigenvalue weighted by molar-refractivity contribution is 7.59. The Labute approximate surface area is 135 Å². The first-order valence-electron chi connectivity index (χ1n) is 8.31. The first kappa shape index (κ1) is 17.1. The summed E-state index contributed by atoms with van der Waals surface area (Å²) in [6.07, 6.45) is 6.17. The summed E-state index contributed by atoms with van der Waals surface area (Å²) in [6, 6.07) is 0. The maximum atomic E-state index is 12.0.